The van der Waals surface area contributed by atoms with Gasteiger partial charge in [-0.1, -0.05) is 0 Å². The van der Waals surface area contributed by atoms with Crippen LogP contribution in [0, 0.1) is 10.1 Å². The van der Waals surface area contributed by atoms with E-state index in [1.54, 1.807) is 46.0 Å². The van der Waals surface area contributed by atoms with Crippen molar-refractivity contribution in [2.24, 2.45) is 0 Å². The van der Waals surface area contributed by atoms with Crippen molar-refractivity contribution in [3.8, 4) is 11.5 Å². The lowest BCUT2D eigenvalue weighted by Crippen LogP contribution is -2.27. The predicted octanol–water partition coefficient (Wildman–Crippen LogP) is 4.17. The van der Waals surface area contributed by atoms with Crippen LogP contribution < -0.4 is 15.4 Å². The number of nitrogens with zero attached hydrogens (tertiary/aromatic N) is 2. The number of nitro benzene ring substituents is 1. The minimum atomic E-state index is -0.642. The second-order valence-electron chi connectivity index (χ2n) is 6.29. The minimum Gasteiger partial charge on any atom is -0.457 e. The predicted molar refractivity (Wildman–Crippen MR) is 96.8 cm³/mol. The molecule has 9 nitrogen and oxygen atoms in total. The molecule has 0 radical (unpaired) electrons. The van der Waals surface area contributed by atoms with Gasteiger partial charge in [0.2, 0.25) is 0 Å². The van der Waals surface area contributed by atoms with E-state index in [1.807, 2.05) is 0 Å². The fourth-order valence-corrected chi connectivity index (χ4v) is 2.02. The van der Waals surface area contributed by atoms with E-state index in [0.29, 0.717) is 11.4 Å². The summed E-state index contributed by atoms with van der Waals surface area (Å²) in [7, 11) is 1.60. The number of amides is 1. The minimum absolute atomic E-state index is 0.105. The molecule has 1 aromatic heterocycles. The summed E-state index contributed by atoms with van der Waals surface area (Å²) in [4.78, 5) is 26.4. The first-order valence-electron chi connectivity index (χ1n) is 7.78. The van der Waals surface area contributed by atoms with Crippen molar-refractivity contribution >= 4 is 23.3 Å². The monoisotopic (exact) mass is 360 g/mol. The summed E-state index contributed by atoms with van der Waals surface area (Å²) >= 11 is 0. The first-order valence-corrected chi connectivity index (χ1v) is 7.78. The number of nitrogens with one attached hydrogen (secondary N) is 2. The van der Waals surface area contributed by atoms with Gasteiger partial charge in [0.15, 0.2) is 0 Å². The zero-order valence-corrected chi connectivity index (χ0v) is 14.9. The van der Waals surface area contributed by atoms with Crippen molar-refractivity contribution in [2.45, 2.75) is 26.4 Å². The van der Waals surface area contributed by atoms with Gasteiger partial charge >= 0.3 is 6.09 Å². The van der Waals surface area contributed by atoms with Crippen molar-refractivity contribution in [2.75, 3.05) is 17.7 Å². The Morgan fingerprint density at radius 3 is 2.50 bits per heavy atom. The quantitative estimate of drug-likeness (QED) is 0.607. The number of hydrogen-bond acceptors (Lipinski definition) is 7. The van der Waals surface area contributed by atoms with Crippen LogP contribution in [-0.4, -0.2) is 28.6 Å². The molecule has 0 spiro atoms. The first-order chi connectivity index (χ1) is 12.2. The molecular formula is C17H20N4O5. The Hall–Kier alpha value is -3.36. The third kappa shape index (κ3) is 5.33. The third-order valence-corrected chi connectivity index (χ3v) is 3.03. The van der Waals surface area contributed by atoms with Gasteiger partial charge in [-0.2, -0.15) is 0 Å². The van der Waals surface area contributed by atoms with Gasteiger partial charge in [0.25, 0.3) is 5.69 Å². The van der Waals surface area contributed by atoms with E-state index in [9.17, 15) is 14.9 Å². The van der Waals surface area contributed by atoms with Crippen LogP contribution in [0.25, 0.3) is 0 Å². The molecule has 2 N–H and O–H groups in total. The highest BCUT2D eigenvalue weighted by atomic mass is 16.6. The first kappa shape index (κ1) is 19.0. The van der Waals surface area contributed by atoms with E-state index in [4.69, 9.17) is 9.47 Å². The van der Waals surface area contributed by atoms with E-state index in [1.165, 1.54) is 18.3 Å². The zero-order valence-electron chi connectivity index (χ0n) is 14.9. The van der Waals surface area contributed by atoms with Crippen molar-refractivity contribution in [1.82, 2.24) is 4.98 Å². The summed E-state index contributed by atoms with van der Waals surface area (Å²) in [5, 5.41) is 16.4. The van der Waals surface area contributed by atoms with Crippen LogP contribution >= 0.6 is 0 Å². The van der Waals surface area contributed by atoms with Gasteiger partial charge in [0.1, 0.15) is 28.6 Å². The molecule has 1 heterocycles. The maximum atomic E-state index is 11.8. The van der Waals surface area contributed by atoms with Crippen molar-refractivity contribution in [3.63, 3.8) is 0 Å². The summed E-state index contributed by atoms with van der Waals surface area (Å²) in [5.74, 6) is 0.876. The topological polar surface area (TPSA) is 116 Å². The molecule has 138 valence electrons. The highest BCUT2D eigenvalue weighted by molar-refractivity contribution is 5.83. The standard InChI is InChI=1S/C17H20N4O5/c1-17(2,3)26-16(22)20-15-10-12(7-8-19-15)25-11-5-6-13(18-4)14(9-11)21(23)24/h5-10,18H,1-4H3,(H,19,20,22). The number of aromatic nitrogens is 1. The molecule has 0 aliphatic rings. The van der Waals surface area contributed by atoms with E-state index < -0.39 is 16.6 Å². The summed E-state index contributed by atoms with van der Waals surface area (Å²) in [6, 6.07) is 7.52. The molecule has 26 heavy (non-hydrogen) atoms. The maximum absolute atomic E-state index is 11.8. The van der Waals surface area contributed by atoms with Crippen LogP contribution in [0.5, 0.6) is 11.5 Å². The average Bonchev–Trinajstić information content (AvgIpc) is 2.53. The lowest BCUT2D eigenvalue weighted by molar-refractivity contribution is -0.384. The van der Waals surface area contributed by atoms with Crippen LogP contribution in [0.1, 0.15) is 20.8 Å². The van der Waals surface area contributed by atoms with E-state index in [2.05, 4.69) is 15.6 Å². The molecule has 1 amide bonds. The van der Waals surface area contributed by atoms with Crippen LogP contribution in [0.15, 0.2) is 36.5 Å². The molecule has 0 fully saturated rings. The molecule has 0 aliphatic heterocycles. The Morgan fingerprint density at radius 2 is 1.88 bits per heavy atom. The van der Waals surface area contributed by atoms with Gasteiger partial charge in [0, 0.05) is 19.3 Å². The maximum Gasteiger partial charge on any atom is 0.413 e. The van der Waals surface area contributed by atoms with E-state index in [-0.39, 0.29) is 17.3 Å². The highest BCUT2D eigenvalue weighted by Gasteiger charge is 2.17. The van der Waals surface area contributed by atoms with Crippen LogP contribution in [-0.2, 0) is 4.74 Å². The SMILES string of the molecule is CNc1ccc(Oc2ccnc(NC(=O)OC(C)(C)C)c2)cc1[N+](=O)[O-]. The van der Waals surface area contributed by atoms with Crippen LogP contribution in [0.3, 0.4) is 0 Å². The van der Waals surface area contributed by atoms with E-state index in [0.717, 1.165) is 0 Å². The molecule has 0 atom stereocenters. The van der Waals surface area contributed by atoms with E-state index >= 15 is 0 Å². The second-order valence-corrected chi connectivity index (χ2v) is 6.29. The summed E-state index contributed by atoms with van der Waals surface area (Å²) in [6.07, 6.45) is 0.800. The normalized spacial score (nSPS) is 10.8. The smallest absolute Gasteiger partial charge is 0.413 e. The van der Waals surface area contributed by atoms with Crippen LogP contribution in [0.4, 0.5) is 22.0 Å². The van der Waals surface area contributed by atoms with Crippen molar-refractivity contribution < 1.29 is 19.2 Å². The molecular weight excluding hydrogens is 340 g/mol. The Morgan fingerprint density at radius 1 is 1.19 bits per heavy atom. The number of carbonyl (C=O) groups is 1. The van der Waals surface area contributed by atoms with Gasteiger partial charge in [-0.25, -0.2) is 9.78 Å². The Balaban J connectivity index is 2.15. The summed E-state index contributed by atoms with van der Waals surface area (Å²) in [5.41, 5.74) is -0.359. The van der Waals surface area contributed by atoms with Gasteiger partial charge in [0.05, 0.1) is 11.0 Å². The zero-order chi connectivity index (χ0) is 19.3. The fourth-order valence-electron chi connectivity index (χ4n) is 2.02. The number of ether oxygens (including phenoxy) is 2. The third-order valence-electron chi connectivity index (χ3n) is 3.03. The van der Waals surface area contributed by atoms with Gasteiger partial charge in [-0.05, 0) is 39.0 Å². The molecule has 9 heteroatoms. The van der Waals surface area contributed by atoms with Crippen LogP contribution in [0.2, 0.25) is 0 Å². The summed E-state index contributed by atoms with van der Waals surface area (Å²) in [6.45, 7) is 5.25. The second kappa shape index (κ2) is 7.68. The molecule has 0 saturated heterocycles. The van der Waals surface area contributed by atoms with Crippen molar-refractivity contribution in [1.29, 1.82) is 0 Å². The number of pyridine rings is 1. The fraction of sp³-hybridized carbons (Fsp3) is 0.294. The number of rotatable bonds is 5. The van der Waals surface area contributed by atoms with Gasteiger partial charge in [-0.15, -0.1) is 0 Å². The molecule has 0 bridgehead atoms. The highest BCUT2D eigenvalue weighted by Crippen LogP contribution is 2.31. The Labute approximate surface area is 150 Å². The molecule has 0 saturated carbocycles. The number of anilines is 2. The number of benzene rings is 1. The lowest BCUT2D eigenvalue weighted by Gasteiger charge is -2.19. The van der Waals surface area contributed by atoms with Gasteiger partial charge in [-0.3, -0.25) is 15.4 Å². The van der Waals surface area contributed by atoms with Gasteiger partial charge < -0.3 is 14.8 Å². The number of carbonyl (C=O) groups excluding carboxylic acids is 1. The molecule has 1 aromatic carbocycles. The average molecular weight is 360 g/mol. The summed E-state index contributed by atoms with van der Waals surface area (Å²) < 4.78 is 10.8. The Kier molecular flexibility index (Phi) is 5.61. The lowest BCUT2D eigenvalue weighted by atomic mass is 10.2. The van der Waals surface area contributed by atoms with Crippen molar-refractivity contribution in [3.05, 3.63) is 46.6 Å². The molecule has 2 rings (SSSR count). The largest absolute Gasteiger partial charge is 0.457 e. The number of nitro groups is 1. The molecule has 0 unspecified atom stereocenters. The number of hydrogen-bond donors (Lipinski definition) is 2. The molecule has 0 aliphatic carbocycles. The molecule has 2 aromatic rings. The Bertz CT molecular complexity index is 817.